The maximum atomic E-state index is 12.7. The lowest BCUT2D eigenvalue weighted by molar-refractivity contribution is -0.123. The molecule has 7 heteroatoms. The minimum absolute atomic E-state index is 0.150. The van der Waals surface area contributed by atoms with Crippen molar-refractivity contribution in [2.24, 2.45) is 11.0 Å². The first-order valence-corrected chi connectivity index (χ1v) is 10.8. The highest BCUT2D eigenvalue weighted by Crippen LogP contribution is 2.27. The highest BCUT2D eigenvalue weighted by molar-refractivity contribution is 6.33. The first-order chi connectivity index (χ1) is 15.4. The van der Waals surface area contributed by atoms with Gasteiger partial charge in [0.1, 0.15) is 11.8 Å². The molecule has 0 radical (unpaired) electrons. The molecule has 0 aromatic heterocycles. The summed E-state index contributed by atoms with van der Waals surface area (Å²) in [7, 11) is 0. The van der Waals surface area contributed by atoms with Crippen molar-refractivity contribution in [3.8, 4) is 5.75 Å². The summed E-state index contributed by atoms with van der Waals surface area (Å²) in [6.45, 7) is 6.21. The molecule has 1 unspecified atom stereocenters. The number of hydrazone groups is 1. The SMILES string of the molecule is CCOc1ccc(/C=N\NC(=O)C(NC(=O)c2ccccc2Cl)C(C)C)c2ccccc12. The predicted molar refractivity (Wildman–Crippen MR) is 128 cm³/mol. The van der Waals surface area contributed by atoms with Crippen LogP contribution < -0.4 is 15.5 Å². The van der Waals surface area contributed by atoms with E-state index in [1.807, 2.05) is 57.2 Å². The van der Waals surface area contributed by atoms with Crippen LogP contribution in [0.1, 0.15) is 36.7 Å². The van der Waals surface area contributed by atoms with E-state index in [1.165, 1.54) is 0 Å². The van der Waals surface area contributed by atoms with Crippen molar-refractivity contribution in [2.45, 2.75) is 26.8 Å². The number of amides is 2. The van der Waals surface area contributed by atoms with Gasteiger partial charge in [0.2, 0.25) is 0 Å². The molecule has 3 rings (SSSR count). The van der Waals surface area contributed by atoms with Crippen LogP contribution in [-0.4, -0.2) is 30.7 Å². The van der Waals surface area contributed by atoms with Gasteiger partial charge in [-0.05, 0) is 42.5 Å². The number of ether oxygens (including phenoxy) is 1. The lowest BCUT2D eigenvalue weighted by Gasteiger charge is -2.20. The predicted octanol–water partition coefficient (Wildman–Crippen LogP) is 4.80. The zero-order valence-electron chi connectivity index (χ0n) is 18.3. The summed E-state index contributed by atoms with van der Waals surface area (Å²) in [4.78, 5) is 25.3. The average Bonchev–Trinajstić information content (AvgIpc) is 2.78. The topological polar surface area (TPSA) is 79.8 Å². The molecule has 0 saturated heterocycles. The Kier molecular flexibility index (Phi) is 7.84. The van der Waals surface area contributed by atoms with Crippen molar-refractivity contribution >= 4 is 40.4 Å². The van der Waals surface area contributed by atoms with E-state index in [0.29, 0.717) is 17.2 Å². The molecule has 0 aliphatic rings. The zero-order chi connectivity index (χ0) is 23.1. The van der Waals surface area contributed by atoms with Gasteiger partial charge in [-0.1, -0.05) is 61.8 Å². The Hall–Kier alpha value is -3.38. The Morgan fingerprint density at radius 2 is 1.72 bits per heavy atom. The first kappa shape index (κ1) is 23.3. The number of nitrogens with zero attached hydrogens (tertiary/aromatic N) is 1. The normalized spacial score (nSPS) is 12.2. The second-order valence-electron chi connectivity index (χ2n) is 7.54. The fourth-order valence-corrected chi connectivity index (χ4v) is 3.54. The van der Waals surface area contributed by atoms with E-state index in [0.717, 1.165) is 22.1 Å². The molecule has 2 amide bonds. The summed E-state index contributed by atoms with van der Waals surface area (Å²) < 4.78 is 5.69. The van der Waals surface area contributed by atoms with Gasteiger partial charge in [-0.2, -0.15) is 5.10 Å². The lowest BCUT2D eigenvalue weighted by atomic mass is 10.0. The number of nitrogens with one attached hydrogen (secondary N) is 2. The van der Waals surface area contributed by atoms with Crippen LogP contribution in [-0.2, 0) is 4.79 Å². The van der Waals surface area contributed by atoms with Gasteiger partial charge in [-0.3, -0.25) is 9.59 Å². The summed E-state index contributed by atoms with van der Waals surface area (Å²) in [6, 6.07) is 17.5. The van der Waals surface area contributed by atoms with Crippen LogP contribution in [0.2, 0.25) is 5.02 Å². The van der Waals surface area contributed by atoms with Gasteiger partial charge in [0.05, 0.1) is 23.4 Å². The second kappa shape index (κ2) is 10.8. The highest BCUT2D eigenvalue weighted by Gasteiger charge is 2.25. The molecule has 2 N–H and O–H groups in total. The van der Waals surface area contributed by atoms with Crippen molar-refractivity contribution in [3.05, 3.63) is 76.8 Å². The van der Waals surface area contributed by atoms with E-state index in [4.69, 9.17) is 16.3 Å². The van der Waals surface area contributed by atoms with E-state index in [2.05, 4.69) is 15.8 Å². The molecule has 3 aromatic rings. The minimum atomic E-state index is -0.770. The molecule has 6 nitrogen and oxygen atoms in total. The van der Waals surface area contributed by atoms with Gasteiger partial charge >= 0.3 is 0 Å². The summed E-state index contributed by atoms with van der Waals surface area (Å²) in [5.41, 5.74) is 3.70. The largest absolute Gasteiger partial charge is 0.493 e. The monoisotopic (exact) mass is 451 g/mol. The highest BCUT2D eigenvalue weighted by atomic mass is 35.5. The molecule has 0 saturated carbocycles. The second-order valence-corrected chi connectivity index (χ2v) is 7.95. The fourth-order valence-electron chi connectivity index (χ4n) is 3.32. The molecule has 32 heavy (non-hydrogen) atoms. The molecule has 1 atom stereocenters. The quantitative estimate of drug-likeness (QED) is 0.381. The fraction of sp³-hybridized carbons (Fsp3) is 0.240. The van der Waals surface area contributed by atoms with Crippen LogP contribution >= 0.6 is 11.6 Å². The number of rotatable bonds is 8. The van der Waals surface area contributed by atoms with Crippen molar-refractivity contribution in [1.82, 2.24) is 10.7 Å². The maximum absolute atomic E-state index is 12.7. The van der Waals surface area contributed by atoms with Crippen LogP contribution in [0.5, 0.6) is 5.75 Å². The van der Waals surface area contributed by atoms with Crippen molar-refractivity contribution < 1.29 is 14.3 Å². The van der Waals surface area contributed by atoms with E-state index >= 15 is 0 Å². The number of carbonyl (C=O) groups excluding carboxylic acids is 2. The Bertz CT molecular complexity index is 1140. The molecule has 0 fully saturated rings. The number of halogens is 1. The number of hydrogen-bond acceptors (Lipinski definition) is 4. The number of fused-ring (bicyclic) bond motifs is 1. The van der Waals surface area contributed by atoms with E-state index < -0.39 is 17.9 Å². The van der Waals surface area contributed by atoms with Crippen molar-refractivity contribution in [1.29, 1.82) is 0 Å². The first-order valence-electron chi connectivity index (χ1n) is 10.4. The van der Waals surface area contributed by atoms with Gasteiger partial charge in [-0.25, -0.2) is 5.43 Å². The summed E-state index contributed by atoms with van der Waals surface area (Å²) in [5.74, 6) is -0.174. The third-order valence-electron chi connectivity index (χ3n) is 4.95. The maximum Gasteiger partial charge on any atom is 0.262 e. The molecule has 0 bridgehead atoms. The summed E-state index contributed by atoms with van der Waals surface area (Å²) in [5, 5.41) is 9.13. The smallest absolute Gasteiger partial charge is 0.262 e. The average molecular weight is 452 g/mol. The van der Waals surface area contributed by atoms with E-state index in [-0.39, 0.29) is 5.92 Å². The molecule has 166 valence electrons. The number of hydrogen-bond donors (Lipinski definition) is 2. The van der Waals surface area contributed by atoms with Crippen molar-refractivity contribution in [2.75, 3.05) is 6.61 Å². The van der Waals surface area contributed by atoms with Crippen LogP contribution in [0.25, 0.3) is 10.8 Å². The standard InChI is InChI=1S/C25H26ClN3O3/c1-4-32-22-14-13-17(18-9-5-6-10-19(18)22)15-27-29-25(31)23(16(2)3)28-24(30)20-11-7-8-12-21(20)26/h5-16,23H,4H2,1-3H3,(H,28,30)(H,29,31)/b27-15-. The van der Waals surface area contributed by atoms with Gasteiger partial charge < -0.3 is 10.1 Å². The molecule has 0 aliphatic heterocycles. The number of carbonyl (C=O) groups is 2. The van der Waals surface area contributed by atoms with Crippen LogP contribution in [0.15, 0.2) is 65.8 Å². The Morgan fingerprint density at radius 1 is 1.03 bits per heavy atom. The third-order valence-corrected chi connectivity index (χ3v) is 5.28. The van der Waals surface area contributed by atoms with Gasteiger partial charge in [-0.15, -0.1) is 0 Å². The minimum Gasteiger partial charge on any atom is -0.493 e. The summed E-state index contributed by atoms with van der Waals surface area (Å²) in [6.07, 6.45) is 1.59. The Morgan fingerprint density at radius 3 is 2.41 bits per heavy atom. The Balaban J connectivity index is 1.74. The molecular formula is C25H26ClN3O3. The van der Waals surface area contributed by atoms with Crippen LogP contribution in [0, 0.1) is 5.92 Å². The van der Waals surface area contributed by atoms with E-state index in [1.54, 1.807) is 30.5 Å². The molecule has 0 aliphatic carbocycles. The molecule has 0 heterocycles. The lowest BCUT2D eigenvalue weighted by Crippen LogP contribution is -2.48. The van der Waals surface area contributed by atoms with Gasteiger partial charge in [0.25, 0.3) is 11.8 Å². The zero-order valence-corrected chi connectivity index (χ0v) is 19.0. The van der Waals surface area contributed by atoms with Crippen LogP contribution in [0.3, 0.4) is 0 Å². The van der Waals surface area contributed by atoms with Crippen LogP contribution in [0.4, 0.5) is 0 Å². The van der Waals surface area contributed by atoms with Crippen molar-refractivity contribution in [3.63, 3.8) is 0 Å². The van der Waals surface area contributed by atoms with Gasteiger partial charge in [0.15, 0.2) is 0 Å². The molecular weight excluding hydrogens is 426 g/mol. The third kappa shape index (κ3) is 5.45. The Labute approximate surface area is 192 Å². The van der Waals surface area contributed by atoms with E-state index in [9.17, 15) is 9.59 Å². The number of benzene rings is 3. The summed E-state index contributed by atoms with van der Waals surface area (Å²) >= 11 is 6.10. The molecule has 0 spiro atoms. The molecule has 3 aromatic carbocycles. The van der Waals surface area contributed by atoms with Gasteiger partial charge in [0, 0.05) is 10.9 Å².